The molecule has 3 nitrogen and oxygen atoms in total. The van der Waals surface area contributed by atoms with Crippen molar-refractivity contribution in [1.29, 1.82) is 0 Å². The van der Waals surface area contributed by atoms with Crippen LogP contribution in [0.3, 0.4) is 0 Å². The number of hydrogen-bond acceptors (Lipinski definition) is 2. The fourth-order valence-corrected chi connectivity index (χ4v) is 2.00. The Morgan fingerprint density at radius 3 is 2.43 bits per heavy atom. The summed E-state index contributed by atoms with van der Waals surface area (Å²) in [6.45, 7) is 4.04. The highest BCUT2D eigenvalue weighted by atomic mass is 19.2. The molecule has 1 N–H and O–H groups in total. The van der Waals surface area contributed by atoms with Gasteiger partial charge in [0.05, 0.1) is 11.8 Å². The van der Waals surface area contributed by atoms with Crippen LogP contribution < -0.4 is 0 Å². The van der Waals surface area contributed by atoms with Gasteiger partial charge in [-0.3, -0.25) is 4.68 Å². The normalized spacial score (nSPS) is 14.2. The second-order valence-corrected chi connectivity index (χ2v) is 5.06. The number of nitrogens with zero attached hydrogens (tertiary/aromatic N) is 2. The summed E-state index contributed by atoms with van der Waals surface area (Å²) in [4.78, 5) is 0. The van der Waals surface area contributed by atoms with Gasteiger partial charge < -0.3 is 5.11 Å². The van der Waals surface area contributed by atoms with Crippen LogP contribution in [0.1, 0.15) is 43.7 Å². The average molecular weight is 298 g/mol. The smallest absolute Gasteiger partial charge is 0.194 e. The second kappa shape index (κ2) is 6.30. The fourth-order valence-electron chi connectivity index (χ4n) is 2.00. The molecule has 0 aliphatic heterocycles. The summed E-state index contributed by atoms with van der Waals surface area (Å²) in [6.07, 6.45) is 1.67. The summed E-state index contributed by atoms with van der Waals surface area (Å²) in [7, 11) is 0. The average Bonchev–Trinajstić information content (AvgIpc) is 2.91. The molecule has 0 fully saturated rings. The Kier molecular flexibility index (Phi) is 4.67. The summed E-state index contributed by atoms with van der Waals surface area (Å²) < 4.78 is 41.0. The Labute approximate surface area is 121 Å². The molecule has 0 saturated carbocycles. The topological polar surface area (TPSA) is 38.0 Å². The van der Waals surface area contributed by atoms with Crippen LogP contribution in [0.5, 0.6) is 0 Å². The molecule has 0 bridgehead atoms. The van der Waals surface area contributed by atoms with Gasteiger partial charge in [-0.15, -0.1) is 0 Å². The molecule has 21 heavy (non-hydrogen) atoms. The van der Waals surface area contributed by atoms with Gasteiger partial charge in [-0.25, -0.2) is 13.2 Å². The Morgan fingerprint density at radius 1 is 1.24 bits per heavy atom. The first kappa shape index (κ1) is 15.6. The van der Waals surface area contributed by atoms with E-state index in [0.717, 1.165) is 18.6 Å². The van der Waals surface area contributed by atoms with E-state index in [1.807, 2.05) is 13.8 Å². The highest BCUT2D eigenvalue weighted by molar-refractivity contribution is 5.22. The molecule has 2 unspecified atom stereocenters. The number of benzene rings is 1. The van der Waals surface area contributed by atoms with E-state index in [1.165, 1.54) is 0 Å². The maximum atomic E-state index is 13.1. The maximum absolute atomic E-state index is 13.1. The Morgan fingerprint density at radius 2 is 1.86 bits per heavy atom. The SMILES string of the molecule is CCC(C)n1ccc(CC(O)c2cc(F)c(F)c(F)c2)n1. The van der Waals surface area contributed by atoms with Gasteiger partial charge >= 0.3 is 0 Å². The minimum absolute atomic E-state index is 0.00973. The molecule has 0 radical (unpaired) electrons. The van der Waals surface area contributed by atoms with Crippen molar-refractivity contribution < 1.29 is 18.3 Å². The minimum Gasteiger partial charge on any atom is -0.388 e. The van der Waals surface area contributed by atoms with Gasteiger partial charge in [-0.05, 0) is 37.1 Å². The molecule has 1 aromatic heterocycles. The molecule has 2 atom stereocenters. The van der Waals surface area contributed by atoms with E-state index in [0.29, 0.717) is 5.69 Å². The van der Waals surface area contributed by atoms with Crippen molar-refractivity contribution in [3.63, 3.8) is 0 Å². The quantitative estimate of drug-likeness (QED) is 0.857. The summed E-state index contributed by atoms with van der Waals surface area (Å²) in [6, 6.07) is 3.58. The van der Waals surface area contributed by atoms with Crippen molar-refractivity contribution in [2.45, 2.75) is 38.8 Å². The lowest BCUT2D eigenvalue weighted by molar-refractivity contribution is 0.175. The van der Waals surface area contributed by atoms with Gasteiger partial charge in [-0.2, -0.15) is 5.10 Å². The summed E-state index contributed by atoms with van der Waals surface area (Å²) in [5, 5.41) is 14.3. The van der Waals surface area contributed by atoms with E-state index < -0.39 is 23.6 Å². The number of rotatable bonds is 5. The van der Waals surface area contributed by atoms with Crippen LogP contribution in [0.4, 0.5) is 13.2 Å². The van der Waals surface area contributed by atoms with Crippen molar-refractivity contribution in [2.24, 2.45) is 0 Å². The Balaban J connectivity index is 2.14. The zero-order valence-corrected chi connectivity index (χ0v) is 11.9. The van der Waals surface area contributed by atoms with Gasteiger partial charge in [0.15, 0.2) is 17.5 Å². The molecule has 1 heterocycles. The lowest BCUT2D eigenvalue weighted by atomic mass is 10.0. The van der Waals surface area contributed by atoms with E-state index in [4.69, 9.17) is 0 Å². The summed E-state index contributed by atoms with van der Waals surface area (Å²) in [5.74, 6) is -4.16. The van der Waals surface area contributed by atoms with Gasteiger partial charge in [0.1, 0.15) is 0 Å². The van der Waals surface area contributed by atoms with Crippen molar-refractivity contribution in [2.75, 3.05) is 0 Å². The molecule has 2 rings (SSSR count). The van der Waals surface area contributed by atoms with Crippen LogP contribution in [0.15, 0.2) is 24.4 Å². The molecule has 0 aliphatic rings. The van der Waals surface area contributed by atoms with Crippen molar-refractivity contribution in [3.8, 4) is 0 Å². The molecular formula is C15H17F3N2O. The number of hydrogen-bond donors (Lipinski definition) is 1. The van der Waals surface area contributed by atoms with Crippen LogP contribution in [0.25, 0.3) is 0 Å². The molecule has 0 amide bonds. The van der Waals surface area contributed by atoms with Gasteiger partial charge in [0.2, 0.25) is 0 Å². The third kappa shape index (κ3) is 3.44. The Bertz CT molecular complexity index is 604. The molecule has 114 valence electrons. The first-order valence-corrected chi connectivity index (χ1v) is 6.79. The largest absolute Gasteiger partial charge is 0.388 e. The zero-order valence-electron chi connectivity index (χ0n) is 11.9. The second-order valence-electron chi connectivity index (χ2n) is 5.06. The zero-order chi connectivity index (χ0) is 15.6. The molecule has 6 heteroatoms. The van der Waals surface area contributed by atoms with Crippen molar-refractivity contribution in [3.05, 3.63) is 53.1 Å². The third-order valence-electron chi connectivity index (χ3n) is 3.50. The monoisotopic (exact) mass is 298 g/mol. The lowest BCUT2D eigenvalue weighted by Crippen LogP contribution is -2.08. The number of halogens is 3. The van der Waals surface area contributed by atoms with Gasteiger partial charge in [-0.1, -0.05) is 6.92 Å². The highest BCUT2D eigenvalue weighted by Crippen LogP contribution is 2.22. The standard InChI is InChI=1S/C15H17F3N2O/c1-3-9(2)20-5-4-11(19-20)8-14(21)10-6-12(16)15(18)13(17)7-10/h4-7,9,14,21H,3,8H2,1-2H3. The first-order valence-electron chi connectivity index (χ1n) is 6.79. The van der Waals surface area contributed by atoms with E-state index in [-0.39, 0.29) is 18.0 Å². The number of aliphatic hydroxyl groups is 1. The molecular weight excluding hydrogens is 281 g/mol. The molecule has 2 aromatic rings. The summed E-state index contributed by atoms with van der Waals surface area (Å²) >= 11 is 0. The van der Waals surface area contributed by atoms with Crippen LogP contribution in [-0.2, 0) is 6.42 Å². The van der Waals surface area contributed by atoms with E-state index >= 15 is 0 Å². The van der Waals surface area contributed by atoms with Crippen molar-refractivity contribution in [1.82, 2.24) is 9.78 Å². The van der Waals surface area contributed by atoms with Gasteiger partial charge in [0, 0.05) is 18.7 Å². The van der Waals surface area contributed by atoms with E-state index in [1.54, 1.807) is 16.9 Å². The number of aromatic nitrogens is 2. The predicted octanol–water partition coefficient (Wildman–Crippen LogP) is 3.55. The predicted molar refractivity (Wildman–Crippen MR) is 72.2 cm³/mol. The number of aliphatic hydroxyl groups excluding tert-OH is 1. The first-order chi connectivity index (χ1) is 9.92. The van der Waals surface area contributed by atoms with Gasteiger partial charge in [0.25, 0.3) is 0 Å². The molecule has 0 spiro atoms. The lowest BCUT2D eigenvalue weighted by Gasteiger charge is -2.11. The fraction of sp³-hybridized carbons (Fsp3) is 0.400. The Hall–Kier alpha value is -1.82. The molecule has 0 aliphatic carbocycles. The van der Waals surface area contributed by atoms with E-state index in [2.05, 4.69) is 5.10 Å². The summed E-state index contributed by atoms with van der Waals surface area (Å²) in [5.41, 5.74) is 0.595. The van der Waals surface area contributed by atoms with Crippen LogP contribution in [0, 0.1) is 17.5 Å². The minimum atomic E-state index is -1.54. The highest BCUT2D eigenvalue weighted by Gasteiger charge is 2.17. The van der Waals surface area contributed by atoms with Crippen LogP contribution >= 0.6 is 0 Å². The van der Waals surface area contributed by atoms with E-state index in [9.17, 15) is 18.3 Å². The third-order valence-corrected chi connectivity index (χ3v) is 3.50. The molecule has 0 saturated heterocycles. The maximum Gasteiger partial charge on any atom is 0.194 e. The molecule has 1 aromatic carbocycles. The van der Waals surface area contributed by atoms with Crippen LogP contribution in [0.2, 0.25) is 0 Å². The van der Waals surface area contributed by atoms with Crippen molar-refractivity contribution >= 4 is 0 Å². The van der Waals surface area contributed by atoms with Crippen LogP contribution in [-0.4, -0.2) is 14.9 Å².